The summed E-state index contributed by atoms with van der Waals surface area (Å²) in [5.74, 6) is 0. The van der Waals surface area contributed by atoms with Crippen LogP contribution in [-0.4, -0.2) is 11.3 Å². The molecule has 74 valence electrons. The quantitative estimate of drug-likeness (QED) is 0.777. The summed E-state index contributed by atoms with van der Waals surface area (Å²) in [6, 6.07) is 9.63. The molecule has 2 rings (SSSR count). The van der Waals surface area contributed by atoms with Crippen LogP contribution in [0.5, 0.6) is 0 Å². The van der Waals surface area contributed by atoms with Gasteiger partial charge in [-0.3, -0.25) is 9.78 Å². The van der Waals surface area contributed by atoms with Gasteiger partial charge in [0.2, 0.25) is 0 Å². The summed E-state index contributed by atoms with van der Waals surface area (Å²) in [5, 5.41) is 0. The Morgan fingerprint density at radius 1 is 1.13 bits per heavy atom. The standard InChI is InChI=1S/C12H8BrNO/c13-12-4-2-1-3-11(12)10-5-6-14-7-9(10)8-15/h1-8H. The topological polar surface area (TPSA) is 30.0 Å². The third-order valence-electron chi connectivity index (χ3n) is 2.14. The van der Waals surface area contributed by atoms with E-state index in [4.69, 9.17) is 0 Å². The number of rotatable bonds is 2. The molecule has 2 aromatic rings. The van der Waals surface area contributed by atoms with Crippen molar-refractivity contribution in [3.63, 3.8) is 0 Å². The molecule has 1 aromatic heterocycles. The molecule has 15 heavy (non-hydrogen) atoms. The number of carbonyl (C=O) groups excluding carboxylic acids is 1. The van der Waals surface area contributed by atoms with Gasteiger partial charge < -0.3 is 0 Å². The fraction of sp³-hybridized carbons (Fsp3) is 0. The highest BCUT2D eigenvalue weighted by atomic mass is 79.9. The number of carbonyl (C=O) groups is 1. The van der Waals surface area contributed by atoms with Gasteiger partial charge in [-0.05, 0) is 23.3 Å². The molecule has 3 heteroatoms. The third-order valence-corrected chi connectivity index (χ3v) is 2.83. The second-order valence-corrected chi connectivity index (χ2v) is 3.91. The molecule has 0 aliphatic rings. The van der Waals surface area contributed by atoms with Crippen LogP contribution < -0.4 is 0 Å². The minimum Gasteiger partial charge on any atom is -0.298 e. The number of nitrogens with zero attached hydrogens (tertiary/aromatic N) is 1. The summed E-state index contributed by atoms with van der Waals surface area (Å²) in [6.07, 6.45) is 4.07. The van der Waals surface area contributed by atoms with Crippen molar-refractivity contribution in [2.24, 2.45) is 0 Å². The summed E-state index contributed by atoms with van der Waals surface area (Å²) < 4.78 is 0.972. The van der Waals surface area contributed by atoms with E-state index in [9.17, 15) is 4.79 Å². The first kappa shape index (κ1) is 10.1. The van der Waals surface area contributed by atoms with Crippen molar-refractivity contribution in [1.82, 2.24) is 4.98 Å². The molecule has 0 spiro atoms. The summed E-state index contributed by atoms with van der Waals surface area (Å²) in [7, 11) is 0. The van der Waals surface area contributed by atoms with Crippen molar-refractivity contribution in [2.45, 2.75) is 0 Å². The molecule has 0 fully saturated rings. The molecule has 0 aliphatic heterocycles. The van der Waals surface area contributed by atoms with Crippen LogP contribution in [0.1, 0.15) is 10.4 Å². The lowest BCUT2D eigenvalue weighted by atomic mass is 10.0. The Labute approximate surface area is 96.1 Å². The van der Waals surface area contributed by atoms with Crippen LogP contribution in [0, 0.1) is 0 Å². The normalized spacial score (nSPS) is 9.93. The van der Waals surface area contributed by atoms with Crippen LogP contribution in [0.4, 0.5) is 0 Å². The Kier molecular flexibility index (Phi) is 2.92. The maximum Gasteiger partial charge on any atom is 0.152 e. The van der Waals surface area contributed by atoms with Crippen molar-refractivity contribution in [3.8, 4) is 11.1 Å². The molecule has 1 aromatic carbocycles. The minimum absolute atomic E-state index is 0.601. The monoisotopic (exact) mass is 261 g/mol. The van der Waals surface area contributed by atoms with Gasteiger partial charge in [-0.1, -0.05) is 34.1 Å². The third kappa shape index (κ3) is 1.97. The van der Waals surface area contributed by atoms with Gasteiger partial charge in [0.15, 0.2) is 6.29 Å². The predicted octanol–water partition coefficient (Wildman–Crippen LogP) is 3.32. The van der Waals surface area contributed by atoms with Crippen molar-refractivity contribution in [1.29, 1.82) is 0 Å². The number of hydrogen-bond donors (Lipinski definition) is 0. The van der Waals surface area contributed by atoms with Crippen molar-refractivity contribution in [3.05, 3.63) is 52.8 Å². The van der Waals surface area contributed by atoms with E-state index >= 15 is 0 Å². The molecule has 1 heterocycles. The van der Waals surface area contributed by atoms with Crippen LogP contribution in [0.15, 0.2) is 47.2 Å². The molecule has 0 atom stereocenters. The first-order valence-corrected chi connectivity index (χ1v) is 5.26. The lowest BCUT2D eigenvalue weighted by molar-refractivity contribution is 0.112. The van der Waals surface area contributed by atoms with E-state index < -0.39 is 0 Å². The molecule has 0 saturated carbocycles. The van der Waals surface area contributed by atoms with Crippen LogP contribution in [0.25, 0.3) is 11.1 Å². The zero-order chi connectivity index (χ0) is 10.7. The zero-order valence-corrected chi connectivity index (χ0v) is 9.44. The maximum atomic E-state index is 10.9. The summed E-state index contributed by atoms with van der Waals surface area (Å²) in [4.78, 5) is 14.8. The zero-order valence-electron chi connectivity index (χ0n) is 7.85. The molecule has 0 amide bonds. The Morgan fingerprint density at radius 2 is 1.93 bits per heavy atom. The summed E-state index contributed by atoms with van der Waals surface area (Å²) in [5.41, 5.74) is 2.50. The van der Waals surface area contributed by atoms with Gasteiger partial charge in [-0.25, -0.2) is 0 Å². The van der Waals surface area contributed by atoms with E-state index in [1.165, 1.54) is 0 Å². The van der Waals surface area contributed by atoms with E-state index in [-0.39, 0.29) is 0 Å². The van der Waals surface area contributed by atoms with Gasteiger partial charge in [0.1, 0.15) is 0 Å². The highest BCUT2D eigenvalue weighted by Crippen LogP contribution is 2.29. The lowest BCUT2D eigenvalue weighted by Crippen LogP contribution is -1.89. The largest absolute Gasteiger partial charge is 0.298 e. The van der Waals surface area contributed by atoms with Gasteiger partial charge >= 0.3 is 0 Å². The number of halogens is 1. The van der Waals surface area contributed by atoms with Crippen LogP contribution in [0.2, 0.25) is 0 Å². The number of aromatic nitrogens is 1. The highest BCUT2D eigenvalue weighted by Gasteiger charge is 2.06. The summed E-state index contributed by atoms with van der Waals surface area (Å²) in [6.45, 7) is 0. The van der Waals surface area contributed by atoms with Crippen LogP contribution >= 0.6 is 15.9 Å². The van der Waals surface area contributed by atoms with Gasteiger partial charge in [-0.15, -0.1) is 0 Å². The summed E-state index contributed by atoms with van der Waals surface area (Å²) >= 11 is 3.46. The number of aldehydes is 1. The highest BCUT2D eigenvalue weighted by molar-refractivity contribution is 9.10. The molecular weight excluding hydrogens is 254 g/mol. The van der Waals surface area contributed by atoms with Crippen LogP contribution in [0.3, 0.4) is 0 Å². The Balaban J connectivity index is 2.64. The lowest BCUT2D eigenvalue weighted by Gasteiger charge is -2.05. The van der Waals surface area contributed by atoms with E-state index in [1.807, 2.05) is 30.3 Å². The van der Waals surface area contributed by atoms with E-state index in [0.29, 0.717) is 5.56 Å². The van der Waals surface area contributed by atoms with E-state index in [1.54, 1.807) is 12.4 Å². The molecular formula is C12H8BrNO. The minimum atomic E-state index is 0.601. The second kappa shape index (κ2) is 4.36. The molecule has 2 nitrogen and oxygen atoms in total. The average molecular weight is 262 g/mol. The molecule has 0 saturated heterocycles. The Morgan fingerprint density at radius 3 is 2.67 bits per heavy atom. The molecule has 0 radical (unpaired) electrons. The van der Waals surface area contributed by atoms with Gasteiger partial charge in [0.25, 0.3) is 0 Å². The second-order valence-electron chi connectivity index (χ2n) is 3.06. The maximum absolute atomic E-state index is 10.9. The predicted molar refractivity (Wildman–Crippen MR) is 62.8 cm³/mol. The van der Waals surface area contributed by atoms with Crippen molar-refractivity contribution in [2.75, 3.05) is 0 Å². The van der Waals surface area contributed by atoms with Crippen molar-refractivity contribution >= 4 is 22.2 Å². The first-order chi connectivity index (χ1) is 7.33. The fourth-order valence-electron chi connectivity index (χ4n) is 1.43. The Hall–Kier alpha value is -1.48. The van der Waals surface area contributed by atoms with Gasteiger partial charge in [-0.2, -0.15) is 0 Å². The first-order valence-electron chi connectivity index (χ1n) is 4.47. The van der Waals surface area contributed by atoms with E-state index in [0.717, 1.165) is 21.9 Å². The number of hydrogen-bond acceptors (Lipinski definition) is 2. The van der Waals surface area contributed by atoms with Crippen molar-refractivity contribution < 1.29 is 4.79 Å². The molecule has 0 unspecified atom stereocenters. The average Bonchev–Trinajstić information content (AvgIpc) is 2.30. The van der Waals surface area contributed by atoms with E-state index in [2.05, 4.69) is 20.9 Å². The fourth-order valence-corrected chi connectivity index (χ4v) is 1.92. The number of pyridine rings is 1. The SMILES string of the molecule is O=Cc1cnccc1-c1ccccc1Br. The smallest absolute Gasteiger partial charge is 0.152 e. The molecule has 0 N–H and O–H groups in total. The Bertz CT molecular complexity index is 496. The van der Waals surface area contributed by atoms with Crippen LogP contribution in [-0.2, 0) is 0 Å². The van der Waals surface area contributed by atoms with Gasteiger partial charge in [0, 0.05) is 22.4 Å². The molecule has 0 bridgehead atoms. The molecule has 0 aliphatic carbocycles. The number of benzene rings is 1. The van der Waals surface area contributed by atoms with Gasteiger partial charge in [0.05, 0.1) is 0 Å².